The molecule has 2 atom stereocenters. The Balaban J connectivity index is 2.14. The number of aliphatic hydroxyl groups is 1. The highest BCUT2D eigenvalue weighted by atomic mass is 32.2. The molecule has 0 amide bonds. The van der Waals surface area contributed by atoms with E-state index in [9.17, 15) is 13.5 Å². The van der Waals surface area contributed by atoms with Gasteiger partial charge in [0, 0.05) is 19.5 Å². The van der Waals surface area contributed by atoms with Crippen molar-refractivity contribution >= 4 is 10.0 Å². The molecule has 26 heavy (non-hydrogen) atoms. The van der Waals surface area contributed by atoms with Crippen molar-refractivity contribution in [1.29, 1.82) is 0 Å². The lowest BCUT2D eigenvalue weighted by molar-refractivity contribution is -0.437. The maximum Gasteiger partial charge on any atom is 0.243 e. The molecule has 6 heteroatoms. The first-order chi connectivity index (χ1) is 12.3. The maximum absolute atomic E-state index is 13.0. The molecule has 0 aliphatic carbocycles. The highest BCUT2D eigenvalue weighted by molar-refractivity contribution is 7.89. The molecule has 0 saturated carbocycles. The minimum atomic E-state index is -3.65. The van der Waals surface area contributed by atoms with E-state index in [0.29, 0.717) is 13.0 Å². The molecule has 0 spiro atoms. The average molecular weight is 378 g/mol. The molecule has 0 aliphatic rings. The quantitative estimate of drug-likeness (QED) is 0.695. The highest BCUT2D eigenvalue weighted by Crippen LogP contribution is 2.18. The van der Waals surface area contributed by atoms with Gasteiger partial charge in [-0.2, -0.15) is 4.31 Å². The van der Waals surface area contributed by atoms with E-state index in [0.717, 1.165) is 5.56 Å². The van der Waals surface area contributed by atoms with Crippen LogP contribution in [0.1, 0.15) is 19.4 Å². The SMILES string of the molecule is CC(C)CN(CC(O)[C@@H]([NH3+])Cc1ccccc1)S(=O)(=O)c1ccccc1. The van der Waals surface area contributed by atoms with Gasteiger partial charge in [-0.05, 0) is 23.6 Å². The summed E-state index contributed by atoms with van der Waals surface area (Å²) in [5.74, 6) is 0.151. The van der Waals surface area contributed by atoms with Crippen LogP contribution in [0, 0.1) is 5.92 Å². The lowest BCUT2D eigenvalue weighted by Gasteiger charge is -2.27. The maximum atomic E-state index is 13.0. The zero-order chi connectivity index (χ0) is 19.2. The summed E-state index contributed by atoms with van der Waals surface area (Å²) in [5, 5.41) is 10.6. The van der Waals surface area contributed by atoms with Crippen molar-refractivity contribution < 1.29 is 19.3 Å². The first-order valence-electron chi connectivity index (χ1n) is 8.91. The van der Waals surface area contributed by atoms with Gasteiger partial charge in [-0.1, -0.05) is 62.4 Å². The van der Waals surface area contributed by atoms with E-state index >= 15 is 0 Å². The molecular weight excluding hydrogens is 348 g/mol. The Morgan fingerprint density at radius 1 is 0.962 bits per heavy atom. The van der Waals surface area contributed by atoms with Crippen molar-refractivity contribution in [3.05, 3.63) is 66.2 Å². The van der Waals surface area contributed by atoms with E-state index in [1.165, 1.54) is 4.31 Å². The molecule has 2 aromatic carbocycles. The molecule has 2 aromatic rings. The molecular formula is C20H29N2O3S+. The van der Waals surface area contributed by atoms with Crippen molar-refractivity contribution in [3.8, 4) is 0 Å². The largest absolute Gasteiger partial charge is 0.386 e. The average Bonchev–Trinajstić information content (AvgIpc) is 2.62. The van der Waals surface area contributed by atoms with Crippen molar-refractivity contribution in [2.45, 2.75) is 37.3 Å². The highest BCUT2D eigenvalue weighted by Gasteiger charge is 2.30. The van der Waals surface area contributed by atoms with Gasteiger partial charge in [0.05, 0.1) is 4.90 Å². The Labute approximate surface area is 156 Å². The van der Waals surface area contributed by atoms with Crippen LogP contribution in [0.3, 0.4) is 0 Å². The Kier molecular flexibility index (Phi) is 7.34. The first-order valence-corrected chi connectivity index (χ1v) is 10.3. The van der Waals surface area contributed by atoms with Crippen molar-refractivity contribution in [3.63, 3.8) is 0 Å². The molecule has 0 radical (unpaired) electrons. The number of nitrogens with zero attached hydrogens (tertiary/aromatic N) is 1. The van der Waals surface area contributed by atoms with Crippen LogP contribution in [-0.2, 0) is 16.4 Å². The molecule has 2 rings (SSSR count). The first kappa shape index (κ1) is 20.6. The summed E-state index contributed by atoms with van der Waals surface area (Å²) < 4.78 is 27.3. The van der Waals surface area contributed by atoms with Gasteiger partial charge in [-0.25, -0.2) is 8.42 Å². The smallest absolute Gasteiger partial charge is 0.243 e. The lowest BCUT2D eigenvalue weighted by Crippen LogP contribution is -2.69. The van der Waals surface area contributed by atoms with Gasteiger partial charge >= 0.3 is 0 Å². The topological polar surface area (TPSA) is 85.2 Å². The van der Waals surface area contributed by atoms with Gasteiger partial charge in [0.15, 0.2) is 0 Å². The van der Waals surface area contributed by atoms with Gasteiger partial charge < -0.3 is 10.8 Å². The van der Waals surface area contributed by atoms with E-state index in [-0.39, 0.29) is 23.4 Å². The molecule has 0 saturated heterocycles. The Morgan fingerprint density at radius 3 is 2.04 bits per heavy atom. The fraction of sp³-hybridized carbons (Fsp3) is 0.400. The molecule has 0 aliphatic heterocycles. The van der Waals surface area contributed by atoms with Gasteiger partial charge in [-0.15, -0.1) is 0 Å². The van der Waals surface area contributed by atoms with Crippen molar-refractivity contribution in [2.24, 2.45) is 5.92 Å². The molecule has 1 unspecified atom stereocenters. The van der Waals surface area contributed by atoms with E-state index in [1.54, 1.807) is 30.3 Å². The number of hydrogen-bond donors (Lipinski definition) is 2. The second-order valence-electron chi connectivity index (χ2n) is 7.05. The summed E-state index contributed by atoms with van der Waals surface area (Å²) in [5.41, 5.74) is 5.13. The molecule has 4 N–H and O–H groups in total. The molecule has 142 valence electrons. The van der Waals surface area contributed by atoms with E-state index in [4.69, 9.17) is 0 Å². The minimum Gasteiger partial charge on any atom is -0.386 e. The van der Waals surface area contributed by atoms with Gasteiger partial charge in [0.2, 0.25) is 10.0 Å². The van der Waals surface area contributed by atoms with Crippen molar-refractivity contribution in [2.75, 3.05) is 13.1 Å². The Morgan fingerprint density at radius 2 is 1.50 bits per heavy atom. The molecule has 0 aromatic heterocycles. The number of quaternary nitrogens is 1. The van der Waals surface area contributed by atoms with Gasteiger partial charge in [-0.3, -0.25) is 0 Å². The van der Waals surface area contributed by atoms with E-state index in [1.807, 2.05) is 44.2 Å². The number of hydrogen-bond acceptors (Lipinski definition) is 3. The predicted octanol–water partition coefficient (Wildman–Crippen LogP) is 1.55. The summed E-state index contributed by atoms with van der Waals surface area (Å²) in [6.45, 7) is 4.32. The third-order valence-corrected chi connectivity index (χ3v) is 6.07. The van der Waals surface area contributed by atoms with E-state index < -0.39 is 16.1 Å². The van der Waals surface area contributed by atoms with Crippen LogP contribution >= 0.6 is 0 Å². The normalized spacial score (nSPS) is 14.5. The van der Waals surface area contributed by atoms with Crippen LogP contribution in [0.2, 0.25) is 0 Å². The molecule has 0 bridgehead atoms. The standard InChI is InChI=1S/C20H28N2O3S/c1-16(2)14-22(26(24,25)18-11-7-4-8-12-18)15-20(23)19(21)13-17-9-5-3-6-10-17/h3-12,16,19-20,23H,13-15,21H2,1-2H3/p+1/t19-,20?/m0/s1. The number of benzene rings is 2. The summed E-state index contributed by atoms with van der Waals surface area (Å²) in [6, 6.07) is 17.9. The zero-order valence-electron chi connectivity index (χ0n) is 15.5. The Bertz CT molecular complexity index is 764. The second kappa shape index (κ2) is 9.28. The summed E-state index contributed by atoms with van der Waals surface area (Å²) in [4.78, 5) is 0.247. The van der Waals surface area contributed by atoms with Crippen molar-refractivity contribution in [1.82, 2.24) is 4.31 Å². The van der Waals surface area contributed by atoms with Crippen LogP contribution in [0.5, 0.6) is 0 Å². The predicted molar refractivity (Wildman–Crippen MR) is 103 cm³/mol. The van der Waals surface area contributed by atoms with Crippen LogP contribution in [0.15, 0.2) is 65.6 Å². The van der Waals surface area contributed by atoms with Crippen LogP contribution in [0.4, 0.5) is 0 Å². The Hall–Kier alpha value is -1.73. The van der Waals surface area contributed by atoms with Gasteiger partial charge in [0.25, 0.3) is 0 Å². The lowest BCUT2D eigenvalue weighted by atomic mass is 10.0. The number of rotatable bonds is 9. The summed E-state index contributed by atoms with van der Waals surface area (Å²) in [6.07, 6.45) is -0.240. The van der Waals surface area contributed by atoms with Crippen LogP contribution < -0.4 is 5.73 Å². The summed E-state index contributed by atoms with van der Waals surface area (Å²) >= 11 is 0. The van der Waals surface area contributed by atoms with Crippen LogP contribution in [0.25, 0.3) is 0 Å². The minimum absolute atomic E-state index is 0.0381. The third-order valence-electron chi connectivity index (χ3n) is 4.23. The monoisotopic (exact) mass is 377 g/mol. The summed E-state index contributed by atoms with van der Waals surface area (Å²) in [7, 11) is -3.65. The molecule has 5 nitrogen and oxygen atoms in total. The zero-order valence-corrected chi connectivity index (χ0v) is 16.3. The fourth-order valence-electron chi connectivity index (χ4n) is 2.83. The van der Waals surface area contributed by atoms with E-state index in [2.05, 4.69) is 5.73 Å². The molecule has 0 heterocycles. The van der Waals surface area contributed by atoms with Gasteiger partial charge in [0.1, 0.15) is 12.1 Å². The third kappa shape index (κ3) is 5.64. The molecule has 0 fully saturated rings. The fourth-order valence-corrected chi connectivity index (χ4v) is 4.47. The number of sulfonamides is 1. The number of aliphatic hydroxyl groups excluding tert-OH is 1. The second-order valence-corrected chi connectivity index (χ2v) is 8.98. The van der Waals surface area contributed by atoms with Crippen LogP contribution in [-0.4, -0.2) is 43.1 Å².